The van der Waals surface area contributed by atoms with Crippen molar-refractivity contribution in [2.45, 2.75) is 6.10 Å². The minimum atomic E-state index is -1.29. The zero-order chi connectivity index (χ0) is 18.6. The second-order valence-corrected chi connectivity index (χ2v) is 5.78. The highest BCUT2D eigenvalue weighted by Crippen LogP contribution is 2.21. The monoisotopic (exact) mass is 360 g/mol. The third-order valence-electron chi connectivity index (χ3n) is 4.03. The largest absolute Gasteiger partial charge is 0.378 e. The van der Waals surface area contributed by atoms with Gasteiger partial charge in [0, 0.05) is 0 Å². The molecule has 0 radical (unpaired) electrons. The predicted molar refractivity (Wildman–Crippen MR) is 99.8 cm³/mol. The summed E-state index contributed by atoms with van der Waals surface area (Å²) in [4.78, 5) is 20.6. The Morgan fingerprint density at radius 1 is 1.00 bits per heavy atom. The minimum absolute atomic E-state index is 0.385. The summed E-state index contributed by atoms with van der Waals surface area (Å²) in [5.74, 6) is -0.209. The van der Waals surface area contributed by atoms with Crippen LogP contribution >= 0.6 is 0 Å². The lowest BCUT2D eigenvalue weighted by atomic mass is 10.1. The Kier molecular flexibility index (Phi) is 4.46. The molecule has 0 fully saturated rings. The first-order valence-electron chi connectivity index (χ1n) is 8.27. The smallest absolute Gasteiger partial charge is 0.271 e. The molecule has 4 aromatic rings. The average Bonchev–Trinajstić information content (AvgIpc) is 3.17. The molecule has 8 nitrogen and oxygen atoms in total. The first kappa shape index (κ1) is 16.7. The molecule has 8 heteroatoms. The maximum atomic E-state index is 12.2. The number of hydrogen-bond acceptors (Lipinski definition) is 6. The van der Waals surface area contributed by atoms with E-state index >= 15 is 0 Å². The van der Waals surface area contributed by atoms with Crippen molar-refractivity contribution in [3.05, 3.63) is 78.8 Å². The summed E-state index contributed by atoms with van der Waals surface area (Å²) in [6, 6.07) is 18.3. The zero-order valence-electron chi connectivity index (χ0n) is 14.1. The average molecular weight is 360 g/mol. The Bertz CT molecular complexity index is 1070. The molecule has 0 saturated heterocycles. The molecule has 2 heterocycles. The number of nitrogens with one attached hydrogen (secondary N) is 2. The summed E-state index contributed by atoms with van der Waals surface area (Å²) in [5.41, 5.74) is 7.17. The number of carbonyl (C=O) groups excluding carboxylic acids is 1. The zero-order valence-corrected chi connectivity index (χ0v) is 14.1. The Morgan fingerprint density at radius 2 is 1.70 bits per heavy atom. The number of aliphatic hydroxyl groups excluding tert-OH is 1. The van der Waals surface area contributed by atoms with E-state index in [9.17, 15) is 9.90 Å². The van der Waals surface area contributed by atoms with Crippen LogP contribution in [0.1, 0.15) is 11.7 Å². The van der Waals surface area contributed by atoms with Crippen molar-refractivity contribution in [3.63, 3.8) is 0 Å². The predicted octanol–water partition coefficient (Wildman–Crippen LogP) is 1.99. The molecule has 1 amide bonds. The van der Waals surface area contributed by atoms with Crippen molar-refractivity contribution < 1.29 is 9.90 Å². The van der Waals surface area contributed by atoms with E-state index < -0.39 is 12.0 Å². The van der Waals surface area contributed by atoms with Gasteiger partial charge in [-0.15, -0.1) is 0 Å². The molecule has 0 spiro atoms. The van der Waals surface area contributed by atoms with Crippen LogP contribution in [-0.2, 0) is 4.79 Å². The van der Waals surface area contributed by atoms with Crippen LogP contribution in [-0.4, -0.2) is 30.8 Å². The van der Waals surface area contributed by atoms with E-state index in [1.54, 1.807) is 35.1 Å². The number of aliphatic hydroxyl groups is 1. The molecule has 0 aliphatic rings. The topological polar surface area (TPSA) is 105 Å². The van der Waals surface area contributed by atoms with E-state index in [0.29, 0.717) is 22.4 Å². The fourth-order valence-corrected chi connectivity index (χ4v) is 2.68. The number of anilines is 1. The SMILES string of the molecule is O=C(NNc1ncnc2c1cnn2-c1ccccc1)[C@@H](O)c1ccccc1. The fourth-order valence-electron chi connectivity index (χ4n) is 2.68. The van der Waals surface area contributed by atoms with E-state index in [2.05, 4.69) is 25.9 Å². The summed E-state index contributed by atoms with van der Waals surface area (Å²) < 4.78 is 1.68. The van der Waals surface area contributed by atoms with Crippen molar-refractivity contribution in [1.82, 2.24) is 25.2 Å². The number of nitrogens with zero attached hydrogens (tertiary/aromatic N) is 4. The molecule has 1 atom stereocenters. The van der Waals surface area contributed by atoms with Crippen LogP contribution in [0.3, 0.4) is 0 Å². The molecular formula is C19H16N6O2. The minimum Gasteiger partial charge on any atom is -0.378 e. The van der Waals surface area contributed by atoms with Gasteiger partial charge in [-0.1, -0.05) is 48.5 Å². The quantitative estimate of drug-likeness (QED) is 0.470. The highest BCUT2D eigenvalue weighted by Gasteiger charge is 2.18. The number of aromatic nitrogens is 4. The maximum absolute atomic E-state index is 12.2. The molecule has 0 aliphatic carbocycles. The molecule has 27 heavy (non-hydrogen) atoms. The van der Waals surface area contributed by atoms with Gasteiger partial charge in [0.1, 0.15) is 6.33 Å². The first-order chi connectivity index (χ1) is 13.2. The number of benzene rings is 2. The van der Waals surface area contributed by atoms with Gasteiger partial charge in [0.15, 0.2) is 17.6 Å². The third-order valence-corrected chi connectivity index (χ3v) is 4.03. The Labute approximate surface area is 154 Å². The molecule has 0 saturated carbocycles. The lowest BCUT2D eigenvalue weighted by molar-refractivity contribution is -0.129. The van der Waals surface area contributed by atoms with Crippen LogP contribution in [0.25, 0.3) is 16.7 Å². The highest BCUT2D eigenvalue weighted by atomic mass is 16.3. The fraction of sp³-hybridized carbons (Fsp3) is 0.0526. The van der Waals surface area contributed by atoms with Crippen molar-refractivity contribution in [3.8, 4) is 5.69 Å². The van der Waals surface area contributed by atoms with E-state index in [0.717, 1.165) is 5.69 Å². The molecular weight excluding hydrogens is 344 g/mol. The van der Waals surface area contributed by atoms with Gasteiger partial charge in [0.05, 0.1) is 17.3 Å². The molecule has 4 rings (SSSR count). The van der Waals surface area contributed by atoms with Crippen LogP contribution in [0, 0.1) is 0 Å². The first-order valence-corrected chi connectivity index (χ1v) is 8.27. The van der Waals surface area contributed by atoms with Crippen molar-refractivity contribution >= 4 is 22.8 Å². The molecule has 2 aromatic heterocycles. The standard InChI is InChI=1S/C19H16N6O2/c26-16(13-7-3-1-4-8-13)19(27)24-23-17-15-11-22-25(18(15)21-12-20-17)14-9-5-2-6-10-14/h1-12,16,26H,(H,24,27)(H,20,21,23)/t16-/m0/s1. The van der Waals surface area contributed by atoms with E-state index in [1.165, 1.54) is 6.33 Å². The molecule has 0 aliphatic heterocycles. The molecule has 3 N–H and O–H groups in total. The van der Waals surface area contributed by atoms with Crippen molar-refractivity contribution in [2.24, 2.45) is 0 Å². The summed E-state index contributed by atoms with van der Waals surface area (Å²) in [5, 5.41) is 15.1. The Hall–Kier alpha value is -3.78. The Balaban J connectivity index is 1.55. The number of fused-ring (bicyclic) bond motifs is 1. The second-order valence-electron chi connectivity index (χ2n) is 5.78. The molecule has 134 valence electrons. The van der Waals surface area contributed by atoms with Gasteiger partial charge in [-0.2, -0.15) is 5.10 Å². The second kappa shape index (κ2) is 7.22. The van der Waals surface area contributed by atoms with Gasteiger partial charge in [-0.25, -0.2) is 14.6 Å². The Morgan fingerprint density at radius 3 is 2.44 bits per heavy atom. The van der Waals surface area contributed by atoms with Gasteiger partial charge in [-0.05, 0) is 17.7 Å². The molecule has 2 aromatic carbocycles. The van der Waals surface area contributed by atoms with Crippen molar-refractivity contribution in [1.29, 1.82) is 0 Å². The number of rotatable bonds is 5. The normalized spacial score (nSPS) is 11.9. The summed E-state index contributed by atoms with van der Waals surface area (Å²) in [6.07, 6.45) is 1.71. The lowest BCUT2D eigenvalue weighted by Crippen LogP contribution is -2.34. The number of hydrazine groups is 1. The van der Waals surface area contributed by atoms with Gasteiger partial charge < -0.3 is 5.11 Å². The van der Waals surface area contributed by atoms with Gasteiger partial charge >= 0.3 is 0 Å². The van der Waals surface area contributed by atoms with Crippen LogP contribution < -0.4 is 10.9 Å². The van der Waals surface area contributed by atoms with E-state index in [-0.39, 0.29) is 0 Å². The van der Waals surface area contributed by atoms with E-state index in [4.69, 9.17) is 0 Å². The van der Waals surface area contributed by atoms with Crippen LogP contribution in [0.5, 0.6) is 0 Å². The van der Waals surface area contributed by atoms with E-state index in [1.807, 2.05) is 36.4 Å². The van der Waals surface area contributed by atoms with Gasteiger partial charge in [0.25, 0.3) is 5.91 Å². The molecule has 0 bridgehead atoms. The van der Waals surface area contributed by atoms with Gasteiger partial charge in [0.2, 0.25) is 0 Å². The summed E-state index contributed by atoms with van der Waals surface area (Å²) >= 11 is 0. The number of para-hydroxylation sites is 1. The van der Waals surface area contributed by atoms with Gasteiger partial charge in [-0.3, -0.25) is 15.6 Å². The summed E-state index contributed by atoms with van der Waals surface area (Å²) in [7, 11) is 0. The molecule has 0 unspecified atom stereocenters. The van der Waals surface area contributed by atoms with Crippen molar-refractivity contribution in [2.75, 3.05) is 5.43 Å². The van der Waals surface area contributed by atoms with Crippen LogP contribution in [0.2, 0.25) is 0 Å². The lowest BCUT2D eigenvalue weighted by Gasteiger charge is -2.13. The van der Waals surface area contributed by atoms with Crippen LogP contribution in [0.15, 0.2) is 73.2 Å². The van der Waals surface area contributed by atoms with Crippen LogP contribution in [0.4, 0.5) is 5.82 Å². The highest BCUT2D eigenvalue weighted by molar-refractivity contribution is 5.89. The third kappa shape index (κ3) is 3.33. The number of amides is 1. The summed E-state index contributed by atoms with van der Waals surface area (Å²) in [6.45, 7) is 0. The number of hydrogen-bond donors (Lipinski definition) is 3. The number of carbonyl (C=O) groups is 1. The maximum Gasteiger partial charge on any atom is 0.271 e.